The Kier molecular flexibility index (Phi) is 7.25. The van der Waals surface area contributed by atoms with Crippen molar-refractivity contribution in [2.75, 3.05) is 0 Å². The number of nitrogens with one attached hydrogen (secondary N) is 1. The van der Waals surface area contributed by atoms with E-state index in [1.165, 1.54) is 30.6 Å². The summed E-state index contributed by atoms with van der Waals surface area (Å²) in [7, 11) is -3.91. The Hall–Kier alpha value is -2.82. The van der Waals surface area contributed by atoms with Gasteiger partial charge in [-0.15, -0.1) is 23.7 Å². The minimum absolute atomic E-state index is 0. The number of fused-ring (bicyclic) bond motifs is 3. The van der Waals surface area contributed by atoms with Crippen LogP contribution in [0.15, 0.2) is 83.6 Å². The van der Waals surface area contributed by atoms with Crippen molar-refractivity contribution >= 4 is 72.1 Å². The van der Waals surface area contributed by atoms with Crippen LogP contribution in [0, 0.1) is 0 Å². The molecule has 4 heterocycles. The zero-order valence-electron chi connectivity index (χ0n) is 18.6. The number of para-hydroxylation sites is 2. The molecule has 2 aromatic carbocycles. The maximum absolute atomic E-state index is 13.3. The molecule has 0 spiro atoms. The van der Waals surface area contributed by atoms with E-state index < -0.39 is 10.0 Å². The van der Waals surface area contributed by atoms with Gasteiger partial charge >= 0.3 is 0 Å². The summed E-state index contributed by atoms with van der Waals surface area (Å²) in [6.07, 6.45) is 5.81. The second-order valence-corrected chi connectivity index (χ2v) is 10.9. The molecule has 0 aliphatic heterocycles. The molecule has 0 saturated heterocycles. The predicted octanol–water partition coefficient (Wildman–Crippen LogP) is 5.72. The second-order valence-electron chi connectivity index (χ2n) is 7.98. The number of H-pyrrole nitrogens is 1. The van der Waals surface area contributed by atoms with Gasteiger partial charge in [-0.2, -0.15) is 8.42 Å². The van der Waals surface area contributed by atoms with E-state index in [0.717, 1.165) is 10.9 Å². The zero-order valence-corrected chi connectivity index (χ0v) is 21.8. The monoisotopic (exact) mass is 547 g/mol. The first kappa shape index (κ1) is 25.3. The number of halogens is 2. The van der Waals surface area contributed by atoms with Crippen molar-refractivity contribution in [3.63, 3.8) is 0 Å². The van der Waals surface area contributed by atoms with Crippen LogP contribution in [0.4, 0.5) is 0 Å². The van der Waals surface area contributed by atoms with E-state index >= 15 is 0 Å². The lowest BCUT2D eigenvalue weighted by Crippen LogP contribution is -2.18. The predicted molar refractivity (Wildman–Crippen MR) is 146 cm³/mol. The maximum Gasteiger partial charge on any atom is 0.287 e. The molecule has 0 saturated carbocycles. The van der Waals surface area contributed by atoms with E-state index in [-0.39, 0.29) is 28.6 Å². The number of rotatable bonds is 4. The minimum Gasteiger partial charge on any atom is -0.361 e. The van der Waals surface area contributed by atoms with Gasteiger partial charge in [-0.25, -0.2) is 8.96 Å². The summed E-state index contributed by atoms with van der Waals surface area (Å²) in [5, 5.41) is 3.85. The van der Waals surface area contributed by atoms with E-state index in [1.54, 1.807) is 23.8 Å². The van der Waals surface area contributed by atoms with Crippen LogP contribution in [0.1, 0.15) is 12.5 Å². The van der Waals surface area contributed by atoms with Crippen molar-refractivity contribution in [3.05, 3.63) is 89.3 Å². The number of hydrogen-bond donors (Lipinski definition) is 2. The van der Waals surface area contributed by atoms with Gasteiger partial charge in [0.15, 0.2) is 10.1 Å². The van der Waals surface area contributed by atoms with Crippen LogP contribution in [0.5, 0.6) is 0 Å². The highest BCUT2D eigenvalue weighted by atomic mass is 35.5. The van der Waals surface area contributed by atoms with E-state index in [9.17, 15) is 8.42 Å². The van der Waals surface area contributed by atoms with Gasteiger partial charge in [0, 0.05) is 40.9 Å². The lowest BCUT2D eigenvalue weighted by molar-refractivity contribution is 0.584. The first-order chi connectivity index (χ1) is 16.4. The van der Waals surface area contributed by atoms with E-state index in [1.807, 2.05) is 43.5 Å². The van der Waals surface area contributed by atoms with Gasteiger partial charge in [0.05, 0.1) is 5.52 Å². The average molecular weight is 549 g/mol. The van der Waals surface area contributed by atoms with Crippen LogP contribution >= 0.6 is 35.3 Å². The van der Waals surface area contributed by atoms with Gasteiger partial charge in [-0.05, 0) is 42.5 Å². The summed E-state index contributed by atoms with van der Waals surface area (Å²) in [5.41, 5.74) is 8.61. The quantitative estimate of drug-likeness (QED) is 0.294. The number of imidazole rings is 1. The van der Waals surface area contributed by atoms with Gasteiger partial charge in [0.1, 0.15) is 0 Å². The molecule has 182 valence electrons. The molecule has 0 bridgehead atoms. The molecule has 0 fully saturated rings. The highest BCUT2D eigenvalue weighted by Crippen LogP contribution is 2.31. The molecular formula is C24H23Cl2N5O2S2. The van der Waals surface area contributed by atoms with E-state index in [4.69, 9.17) is 17.3 Å². The number of benzene rings is 2. The standard InChI is InChI=1S/C16H15ClN4O2S2.C8H7N.ClH/c1-10(18)8-11-9-21(13-5-3-2-4-12(11)13)25(22,23)15-14(17)19-16-20(15)6-7-24-16;1-2-4-8-7(3-1)5-6-9-8;/h2-7,9-10H,8,18H2,1H3;1-6,9H;1H/t10-;;/m1../s1. The molecule has 6 aromatic rings. The molecule has 35 heavy (non-hydrogen) atoms. The van der Waals surface area contributed by atoms with Gasteiger partial charge in [-0.3, -0.25) is 4.40 Å². The Labute approximate surface area is 217 Å². The van der Waals surface area contributed by atoms with Crippen LogP contribution in [0.2, 0.25) is 5.15 Å². The Morgan fingerprint density at radius 2 is 1.89 bits per heavy atom. The average Bonchev–Trinajstić information content (AvgIpc) is 3.57. The molecule has 3 N–H and O–H groups in total. The van der Waals surface area contributed by atoms with Crippen molar-refractivity contribution < 1.29 is 8.42 Å². The van der Waals surface area contributed by atoms with Crippen molar-refractivity contribution in [1.29, 1.82) is 0 Å². The fourth-order valence-corrected chi connectivity index (χ4v) is 6.79. The first-order valence-corrected chi connectivity index (χ1v) is 13.3. The Morgan fingerprint density at radius 1 is 1.14 bits per heavy atom. The fourth-order valence-electron chi connectivity index (χ4n) is 3.98. The number of aromatic amines is 1. The van der Waals surface area contributed by atoms with Crippen LogP contribution in [0.25, 0.3) is 26.8 Å². The molecule has 1 atom stereocenters. The molecule has 0 amide bonds. The summed E-state index contributed by atoms with van der Waals surface area (Å²) >= 11 is 7.48. The third kappa shape index (κ3) is 4.70. The summed E-state index contributed by atoms with van der Waals surface area (Å²) < 4.78 is 29.4. The summed E-state index contributed by atoms with van der Waals surface area (Å²) in [5.74, 6) is 0. The molecule has 0 aliphatic carbocycles. The summed E-state index contributed by atoms with van der Waals surface area (Å²) in [6, 6.07) is 17.6. The topological polar surface area (TPSA) is 98.2 Å². The molecule has 0 aliphatic rings. The van der Waals surface area contributed by atoms with Crippen LogP contribution < -0.4 is 5.73 Å². The Morgan fingerprint density at radius 3 is 2.66 bits per heavy atom. The third-order valence-electron chi connectivity index (χ3n) is 5.45. The molecule has 11 heteroatoms. The molecule has 0 radical (unpaired) electrons. The zero-order chi connectivity index (χ0) is 23.9. The van der Waals surface area contributed by atoms with Gasteiger partial charge in [-0.1, -0.05) is 48.0 Å². The second kappa shape index (κ2) is 10.0. The third-order valence-corrected chi connectivity index (χ3v) is 8.28. The SMILES string of the molecule is C[C@@H](N)Cc1cn(S(=O)(=O)c2c(Cl)nc3sccn23)c2ccccc12.Cl.c1ccc2[nH]ccc2c1. The number of nitrogens with zero attached hydrogens (tertiary/aromatic N) is 3. The molecule has 6 rings (SSSR count). The number of thiazole rings is 1. The lowest BCUT2D eigenvalue weighted by atomic mass is 10.1. The lowest BCUT2D eigenvalue weighted by Gasteiger charge is -2.07. The number of nitrogens with two attached hydrogens (primary N) is 1. The van der Waals surface area contributed by atoms with Gasteiger partial charge in [0.25, 0.3) is 10.0 Å². The van der Waals surface area contributed by atoms with Crippen molar-refractivity contribution in [1.82, 2.24) is 18.3 Å². The molecule has 0 unspecified atom stereocenters. The van der Waals surface area contributed by atoms with Crippen LogP contribution in [-0.2, 0) is 16.4 Å². The molecule has 4 aromatic heterocycles. The molecule has 7 nitrogen and oxygen atoms in total. The van der Waals surface area contributed by atoms with Crippen LogP contribution in [-0.4, -0.2) is 32.8 Å². The highest BCUT2D eigenvalue weighted by Gasteiger charge is 2.29. The van der Waals surface area contributed by atoms with Crippen molar-refractivity contribution in [2.24, 2.45) is 5.73 Å². The Balaban J connectivity index is 0.000000242. The largest absolute Gasteiger partial charge is 0.361 e. The number of hydrogen-bond acceptors (Lipinski definition) is 5. The Bertz CT molecular complexity index is 1680. The molecular weight excluding hydrogens is 525 g/mol. The maximum atomic E-state index is 13.3. The summed E-state index contributed by atoms with van der Waals surface area (Å²) in [6.45, 7) is 1.89. The highest BCUT2D eigenvalue weighted by molar-refractivity contribution is 7.90. The van der Waals surface area contributed by atoms with Crippen molar-refractivity contribution in [2.45, 2.75) is 24.4 Å². The van der Waals surface area contributed by atoms with E-state index in [0.29, 0.717) is 16.9 Å². The minimum atomic E-state index is -3.91. The number of aromatic nitrogens is 4. The van der Waals surface area contributed by atoms with Gasteiger partial charge < -0.3 is 10.7 Å². The smallest absolute Gasteiger partial charge is 0.287 e. The van der Waals surface area contributed by atoms with Crippen LogP contribution in [0.3, 0.4) is 0 Å². The normalized spacial score (nSPS) is 12.4. The fraction of sp³-hybridized carbons (Fsp3) is 0.125. The van der Waals surface area contributed by atoms with E-state index in [2.05, 4.69) is 28.2 Å². The summed E-state index contributed by atoms with van der Waals surface area (Å²) in [4.78, 5) is 7.79. The first-order valence-electron chi connectivity index (χ1n) is 10.6. The van der Waals surface area contributed by atoms with Gasteiger partial charge in [0.2, 0.25) is 5.03 Å². The van der Waals surface area contributed by atoms with Crippen molar-refractivity contribution in [3.8, 4) is 0 Å².